The molecule has 5 heteroatoms. The second-order valence-corrected chi connectivity index (χ2v) is 7.58. The smallest absolute Gasteiger partial charge is 0.229 e. The maximum atomic E-state index is 12.5. The first-order valence-electron chi connectivity index (χ1n) is 8.54. The molecule has 1 saturated heterocycles. The van der Waals surface area contributed by atoms with Gasteiger partial charge in [0, 0.05) is 38.0 Å². The van der Waals surface area contributed by atoms with Gasteiger partial charge in [-0.25, -0.2) is 0 Å². The molecule has 0 radical (unpaired) electrons. The molecule has 1 aromatic rings. The van der Waals surface area contributed by atoms with Gasteiger partial charge < -0.3 is 4.90 Å². The second kappa shape index (κ2) is 6.04. The lowest BCUT2D eigenvalue weighted by molar-refractivity contribution is -0.138. The van der Waals surface area contributed by atoms with Gasteiger partial charge in [-0.15, -0.1) is 0 Å². The average Bonchev–Trinajstić information content (AvgIpc) is 3.07. The lowest BCUT2D eigenvalue weighted by Gasteiger charge is -2.22. The van der Waals surface area contributed by atoms with Gasteiger partial charge in [0.05, 0.1) is 0 Å². The van der Waals surface area contributed by atoms with Crippen LogP contribution in [0.15, 0.2) is 18.2 Å². The number of nitrogens with zero attached hydrogens (tertiary/aromatic N) is 2. The van der Waals surface area contributed by atoms with E-state index in [1.54, 1.807) is 4.90 Å². The molecule has 128 valence electrons. The molecule has 3 amide bonds. The van der Waals surface area contributed by atoms with E-state index < -0.39 is 0 Å². The molecule has 5 nitrogen and oxygen atoms in total. The summed E-state index contributed by atoms with van der Waals surface area (Å²) in [6.45, 7) is 7.40. The van der Waals surface area contributed by atoms with Gasteiger partial charge in [0.15, 0.2) is 0 Å². The topological polar surface area (TPSA) is 57.7 Å². The Bertz CT molecular complexity index is 687. The molecule has 0 spiro atoms. The third kappa shape index (κ3) is 3.07. The van der Waals surface area contributed by atoms with Crippen LogP contribution in [0.3, 0.4) is 0 Å². The molecule has 24 heavy (non-hydrogen) atoms. The lowest BCUT2D eigenvalue weighted by Crippen LogP contribution is -2.35. The van der Waals surface area contributed by atoms with Gasteiger partial charge in [-0.05, 0) is 29.0 Å². The predicted molar refractivity (Wildman–Crippen MR) is 91.8 cm³/mol. The number of imide groups is 1. The number of hydrogen-bond acceptors (Lipinski definition) is 3. The first kappa shape index (κ1) is 16.7. The molecule has 2 heterocycles. The van der Waals surface area contributed by atoms with Crippen LogP contribution >= 0.6 is 0 Å². The number of benzene rings is 1. The van der Waals surface area contributed by atoms with Gasteiger partial charge in [-0.1, -0.05) is 32.9 Å². The van der Waals surface area contributed by atoms with E-state index in [2.05, 4.69) is 32.9 Å². The molecule has 0 aliphatic carbocycles. The van der Waals surface area contributed by atoms with Crippen molar-refractivity contribution in [2.24, 2.45) is 0 Å². The van der Waals surface area contributed by atoms with E-state index in [9.17, 15) is 14.4 Å². The van der Waals surface area contributed by atoms with E-state index in [1.807, 2.05) is 6.07 Å². The normalized spacial score (nSPS) is 17.6. The SMILES string of the molecule is CC(C)(C)c1ccc2c(c1)CCN2C(=O)CCN1C(=O)CCC1=O. The number of hydrogen-bond donors (Lipinski definition) is 0. The molecule has 0 unspecified atom stereocenters. The summed E-state index contributed by atoms with van der Waals surface area (Å²) in [5.74, 6) is -0.348. The minimum Gasteiger partial charge on any atom is -0.312 e. The third-order valence-corrected chi connectivity index (χ3v) is 4.85. The van der Waals surface area contributed by atoms with Crippen LogP contribution in [-0.4, -0.2) is 35.7 Å². The van der Waals surface area contributed by atoms with Gasteiger partial charge in [0.2, 0.25) is 17.7 Å². The van der Waals surface area contributed by atoms with Gasteiger partial charge in [0.25, 0.3) is 0 Å². The minimum absolute atomic E-state index is 0.0234. The fourth-order valence-corrected chi connectivity index (χ4v) is 3.34. The van der Waals surface area contributed by atoms with E-state index in [1.165, 1.54) is 16.0 Å². The van der Waals surface area contributed by atoms with E-state index in [-0.39, 0.29) is 48.9 Å². The fourth-order valence-electron chi connectivity index (χ4n) is 3.34. The van der Waals surface area contributed by atoms with E-state index in [0.717, 1.165) is 12.1 Å². The molecule has 0 bridgehead atoms. The van der Waals surface area contributed by atoms with E-state index >= 15 is 0 Å². The maximum absolute atomic E-state index is 12.5. The summed E-state index contributed by atoms with van der Waals surface area (Å²) in [7, 11) is 0. The summed E-state index contributed by atoms with van der Waals surface area (Å²) in [4.78, 5) is 38.8. The average molecular weight is 328 g/mol. The van der Waals surface area contributed by atoms with Crippen molar-refractivity contribution in [2.75, 3.05) is 18.0 Å². The monoisotopic (exact) mass is 328 g/mol. The van der Waals surface area contributed by atoms with Crippen molar-refractivity contribution >= 4 is 23.4 Å². The highest BCUT2D eigenvalue weighted by Crippen LogP contribution is 2.33. The first-order chi connectivity index (χ1) is 11.3. The molecule has 1 aromatic carbocycles. The third-order valence-electron chi connectivity index (χ3n) is 4.85. The van der Waals surface area contributed by atoms with Crippen LogP contribution in [0.1, 0.15) is 51.2 Å². The number of likely N-dealkylation sites (tertiary alicyclic amines) is 1. The lowest BCUT2D eigenvalue weighted by atomic mass is 9.86. The van der Waals surface area contributed by atoms with Crippen molar-refractivity contribution in [3.8, 4) is 0 Å². The number of amides is 3. The Morgan fingerprint density at radius 2 is 1.75 bits per heavy atom. The van der Waals surface area contributed by atoms with Gasteiger partial charge in [0.1, 0.15) is 0 Å². The Labute approximate surface area is 142 Å². The quantitative estimate of drug-likeness (QED) is 0.801. The first-order valence-corrected chi connectivity index (χ1v) is 8.54. The molecule has 2 aliphatic heterocycles. The summed E-state index contributed by atoms with van der Waals surface area (Å²) in [5, 5.41) is 0. The Kier molecular flexibility index (Phi) is 4.20. The predicted octanol–water partition coefficient (Wildman–Crippen LogP) is 2.41. The number of carbonyl (C=O) groups excluding carboxylic acids is 3. The summed E-state index contributed by atoms with van der Waals surface area (Å²) < 4.78 is 0. The number of anilines is 1. The Morgan fingerprint density at radius 3 is 2.38 bits per heavy atom. The molecule has 0 atom stereocenters. The van der Waals surface area contributed by atoms with E-state index in [4.69, 9.17) is 0 Å². The van der Waals surface area contributed by atoms with E-state index in [0.29, 0.717) is 6.54 Å². The number of rotatable bonds is 3. The molecule has 3 rings (SSSR count). The van der Waals surface area contributed by atoms with Crippen molar-refractivity contribution in [1.29, 1.82) is 0 Å². The summed E-state index contributed by atoms with van der Waals surface area (Å²) >= 11 is 0. The number of fused-ring (bicyclic) bond motifs is 1. The van der Waals surface area contributed by atoms with Gasteiger partial charge in [-0.3, -0.25) is 19.3 Å². The molecule has 1 fully saturated rings. The molecular weight excluding hydrogens is 304 g/mol. The largest absolute Gasteiger partial charge is 0.312 e. The highest BCUT2D eigenvalue weighted by molar-refractivity contribution is 6.02. The van der Waals surface area contributed by atoms with Crippen LogP contribution in [0.5, 0.6) is 0 Å². The Balaban J connectivity index is 1.68. The van der Waals surface area contributed by atoms with Crippen LogP contribution < -0.4 is 4.90 Å². The zero-order valence-electron chi connectivity index (χ0n) is 14.6. The zero-order chi connectivity index (χ0) is 17.5. The van der Waals surface area contributed by atoms with Gasteiger partial charge >= 0.3 is 0 Å². The fraction of sp³-hybridized carbons (Fsp3) is 0.526. The zero-order valence-corrected chi connectivity index (χ0v) is 14.6. The maximum Gasteiger partial charge on any atom is 0.229 e. The molecule has 0 aromatic heterocycles. The van der Waals surface area contributed by atoms with Crippen LogP contribution in [0.2, 0.25) is 0 Å². The van der Waals surface area contributed by atoms with Crippen molar-refractivity contribution < 1.29 is 14.4 Å². The highest BCUT2D eigenvalue weighted by Gasteiger charge is 2.31. The summed E-state index contributed by atoms with van der Waals surface area (Å²) in [6.07, 6.45) is 1.59. The molecule has 0 saturated carbocycles. The summed E-state index contributed by atoms with van der Waals surface area (Å²) in [5.41, 5.74) is 3.52. The van der Waals surface area contributed by atoms with Crippen molar-refractivity contribution in [3.63, 3.8) is 0 Å². The molecule has 2 aliphatic rings. The van der Waals surface area contributed by atoms with Crippen molar-refractivity contribution in [3.05, 3.63) is 29.3 Å². The van der Waals surface area contributed by atoms with Crippen molar-refractivity contribution in [1.82, 2.24) is 4.90 Å². The molecular formula is C19H24N2O3. The summed E-state index contributed by atoms with van der Waals surface area (Å²) in [6, 6.07) is 6.29. The number of carbonyl (C=O) groups is 3. The van der Waals surface area contributed by atoms with Gasteiger partial charge in [-0.2, -0.15) is 0 Å². The Morgan fingerprint density at radius 1 is 1.08 bits per heavy atom. The van der Waals surface area contributed by atoms with Crippen LogP contribution in [0.25, 0.3) is 0 Å². The highest BCUT2D eigenvalue weighted by atomic mass is 16.2. The van der Waals surface area contributed by atoms with Crippen LogP contribution in [0.4, 0.5) is 5.69 Å². The second-order valence-electron chi connectivity index (χ2n) is 7.58. The van der Waals surface area contributed by atoms with Crippen molar-refractivity contribution in [2.45, 2.75) is 51.9 Å². The molecule has 0 N–H and O–H groups in total. The standard InChI is InChI=1S/C19H24N2O3/c1-19(2,3)14-4-5-15-13(12-14)8-10-20(15)18(24)9-11-21-16(22)6-7-17(21)23/h4-5,12H,6-11H2,1-3H3. The minimum atomic E-state index is -0.163. The van der Waals surface area contributed by atoms with Crippen LogP contribution in [-0.2, 0) is 26.2 Å². The van der Waals surface area contributed by atoms with Crippen LogP contribution in [0, 0.1) is 0 Å². The Hall–Kier alpha value is -2.17.